The molecule has 0 aliphatic rings. The Bertz CT molecular complexity index is 586. The van der Waals surface area contributed by atoms with Crippen LogP contribution in [-0.2, 0) is 10.9 Å². The summed E-state index contributed by atoms with van der Waals surface area (Å²) >= 11 is 0. The summed E-state index contributed by atoms with van der Waals surface area (Å²) in [6.07, 6.45) is -3.42. The molecular weight excluding hydrogens is 349 g/mol. The lowest BCUT2D eigenvalue weighted by Crippen LogP contribution is -2.46. The molecule has 1 atom stereocenters. The van der Waals surface area contributed by atoms with Gasteiger partial charge in [0.15, 0.2) is 5.96 Å². The van der Waals surface area contributed by atoms with Crippen LogP contribution in [0.5, 0.6) is 0 Å². The minimum Gasteiger partial charge on any atom is -0.379 e. The molecule has 0 aromatic carbocycles. The molecule has 10 heteroatoms. The molecule has 1 heterocycles. The number of hydrogen-bond donors (Lipinski definition) is 3. The van der Waals surface area contributed by atoms with Crippen LogP contribution in [0.4, 0.5) is 19.1 Å². The van der Waals surface area contributed by atoms with Crippen molar-refractivity contribution >= 4 is 11.9 Å². The van der Waals surface area contributed by atoms with Gasteiger partial charge in [0.05, 0.1) is 6.10 Å². The van der Waals surface area contributed by atoms with Crippen LogP contribution in [0, 0.1) is 5.41 Å². The molecule has 0 amide bonds. The van der Waals surface area contributed by atoms with Gasteiger partial charge in [-0.2, -0.15) is 13.2 Å². The Morgan fingerprint density at radius 2 is 1.92 bits per heavy atom. The molecule has 0 radical (unpaired) electrons. The van der Waals surface area contributed by atoms with Crippen LogP contribution in [0.25, 0.3) is 0 Å². The SMILES string of the molecule is CN=C(NCCNc1nccc(C(F)(F)F)n1)NCC(OC)C(C)(C)C. The maximum atomic E-state index is 12.6. The van der Waals surface area contributed by atoms with Gasteiger partial charge in [0, 0.05) is 40.0 Å². The van der Waals surface area contributed by atoms with Gasteiger partial charge in [-0.3, -0.25) is 4.99 Å². The van der Waals surface area contributed by atoms with Crippen LogP contribution in [0.15, 0.2) is 17.3 Å². The average Bonchev–Trinajstić information content (AvgIpc) is 2.55. The Hall–Kier alpha value is -2.10. The molecule has 0 fully saturated rings. The second-order valence-corrected chi connectivity index (χ2v) is 6.66. The summed E-state index contributed by atoms with van der Waals surface area (Å²) in [5.41, 5.74) is -1.00. The van der Waals surface area contributed by atoms with Crippen LogP contribution in [-0.4, -0.2) is 55.8 Å². The third-order valence-electron chi connectivity index (χ3n) is 3.58. The van der Waals surface area contributed by atoms with Crippen molar-refractivity contribution in [2.24, 2.45) is 10.4 Å². The quantitative estimate of drug-likeness (QED) is 0.384. The molecule has 26 heavy (non-hydrogen) atoms. The van der Waals surface area contributed by atoms with Crippen molar-refractivity contribution in [1.82, 2.24) is 20.6 Å². The number of nitrogens with zero attached hydrogens (tertiary/aromatic N) is 3. The summed E-state index contributed by atoms with van der Waals surface area (Å²) in [6, 6.07) is 0.830. The van der Waals surface area contributed by atoms with Crippen molar-refractivity contribution in [1.29, 1.82) is 0 Å². The first-order valence-electron chi connectivity index (χ1n) is 8.19. The van der Waals surface area contributed by atoms with Crippen LogP contribution in [0.1, 0.15) is 26.5 Å². The van der Waals surface area contributed by atoms with Gasteiger partial charge >= 0.3 is 6.18 Å². The van der Waals surface area contributed by atoms with E-state index < -0.39 is 11.9 Å². The van der Waals surface area contributed by atoms with Gasteiger partial charge in [-0.15, -0.1) is 0 Å². The molecule has 0 aliphatic carbocycles. The first-order chi connectivity index (χ1) is 12.1. The molecule has 0 aliphatic heterocycles. The molecule has 1 aromatic heterocycles. The van der Waals surface area contributed by atoms with Crippen LogP contribution in [0.2, 0.25) is 0 Å². The Balaban J connectivity index is 2.42. The Morgan fingerprint density at radius 1 is 1.23 bits per heavy atom. The van der Waals surface area contributed by atoms with E-state index in [9.17, 15) is 13.2 Å². The van der Waals surface area contributed by atoms with E-state index in [-0.39, 0.29) is 17.5 Å². The predicted octanol–water partition coefficient (Wildman–Crippen LogP) is 2.13. The summed E-state index contributed by atoms with van der Waals surface area (Å²) in [6.45, 7) is 7.57. The topological polar surface area (TPSA) is 83.5 Å². The zero-order valence-corrected chi connectivity index (χ0v) is 15.7. The number of nitrogens with one attached hydrogen (secondary N) is 3. The monoisotopic (exact) mass is 376 g/mol. The number of methoxy groups -OCH3 is 1. The van der Waals surface area contributed by atoms with Crippen molar-refractivity contribution in [2.45, 2.75) is 33.1 Å². The van der Waals surface area contributed by atoms with Crippen molar-refractivity contribution in [3.05, 3.63) is 18.0 Å². The third-order valence-corrected chi connectivity index (χ3v) is 3.58. The number of guanidine groups is 1. The second kappa shape index (κ2) is 9.56. The highest BCUT2D eigenvalue weighted by molar-refractivity contribution is 5.79. The molecular formula is C16H27F3N6O. The van der Waals surface area contributed by atoms with Crippen LogP contribution >= 0.6 is 0 Å². The van der Waals surface area contributed by atoms with Crippen molar-refractivity contribution in [3.63, 3.8) is 0 Å². The summed E-state index contributed by atoms with van der Waals surface area (Å²) in [5.74, 6) is 0.500. The Kier molecular flexibility index (Phi) is 8.07. The van der Waals surface area contributed by atoms with E-state index in [1.165, 1.54) is 0 Å². The van der Waals surface area contributed by atoms with E-state index in [0.29, 0.717) is 25.6 Å². The highest BCUT2D eigenvalue weighted by Gasteiger charge is 2.32. The highest BCUT2D eigenvalue weighted by Crippen LogP contribution is 2.27. The molecule has 1 rings (SSSR count). The number of alkyl halides is 3. The fraction of sp³-hybridized carbons (Fsp3) is 0.688. The fourth-order valence-corrected chi connectivity index (χ4v) is 2.11. The van der Waals surface area contributed by atoms with E-state index in [1.54, 1.807) is 14.2 Å². The van der Waals surface area contributed by atoms with Gasteiger partial charge in [-0.05, 0) is 11.5 Å². The van der Waals surface area contributed by atoms with Gasteiger partial charge < -0.3 is 20.7 Å². The fourth-order valence-electron chi connectivity index (χ4n) is 2.11. The van der Waals surface area contributed by atoms with E-state index in [2.05, 4.69) is 51.7 Å². The van der Waals surface area contributed by atoms with Crippen LogP contribution in [0.3, 0.4) is 0 Å². The summed E-state index contributed by atoms with van der Waals surface area (Å²) < 4.78 is 43.3. The highest BCUT2D eigenvalue weighted by atomic mass is 19.4. The van der Waals surface area contributed by atoms with E-state index in [4.69, 9.17) is 4.74 Å². The van der Waals surface area contributed by atoms with Gasteiger partial charge in [0.25, 0.3) is 0 Å². The molecule has 0 saturated carbocycles. The van der Waals surface area contributed by atoms with Gasteiger partial charge in [0.2, 0.25) is 5.95 Å². The number of anilines is 1. The summed E-state index contributed by atoms with van der Waals surface area (Å²) in [7, 11) is 3.30. The first-order valence-corrected chi connectivity index (χ1v) is 8.19. The minimum atomic E-state index is -4.49. The normalized spacial score (nSPS) is 14.1. The molecule has 0 bridgehead atoms. The second-order valence-electron chi connectivity index (χ2n) is 6.66. The Morgan fingerprint density at radius 3 is 2.46 bits per heavy atom. The molecule has 148 valence electrons. The molecule has 0 saturated heterocycles. The van der Waals surface area contributed by atoms with Crippen molar-refractivity contribution in [3.8, 4) is 0 Å². The molecule has 3 N–H and O–H groups in total. The number of rotatable bonds is 7. The summed E-state index contributed by atoms with van der Waals surface area (Å²) in [5, 5.41) is 8.96. The molecule has 1 aromatic rings. The third kappa shape index (κ3) is 7.42. The molecule has 0 spiro atoms. The largest absolute Gasteiger partial charge is 0.433 e. The lowest BCUT2D eigenvalue weighted by molar-refractivity contribution is -0.141. The number of hydrogen-bond acceptors (Lipinski definition) is 5. The minimum absolute atomic E-state index is 0.00215. The smallest absolute Gasteiger partial charge is 0.379 e. The van der Waals surface area contributed by atoms with Crippen molar-refractivity contribution in [2.75, 3.05) is 39.1 Å². The van der Waals surface area contributed by atoms with E-state index in [0.717, 1.165) is 12.3 Å². The Labute approximate surface area is 151 Å². The first kappa shape index (κ1) is 21.9. The number of ether oxygens (including phenoxy) is 1. The lowest BCUT2D eigenvalue weighted by atomic mass is 9.89. The van der Waals surface area contributed by atoms with Gasteiger partial charge in [-0.25, -0.2) is 9.97 Å². The average molecular weight is 376 g/mol. The maximum Gasteiger partial charge on any atom is 0.433 e. The van der Waals surface area contributed by atoms with E-state index in [1.807, 2.05) is 0 Å². The number of halogens is 3. The van der Waals surface area contributed by atoms with Gasteiger partial charge in [-0.1, -0.05) is 20.8 Å². The number of aliphatic imine (C=N–C) groups is 1. The lowest BCUT2D eigenvalue weighted by Gasteiger charge is -2.30. The predicted molar refractivity (Wildman–Crippen MR) is 95.1 cm³/mol. The number of aromatic nitrogens is 2. The zero-order valence-electron chi connectivity index (χ0n) is 15.7. The van der Waals surface area contributed by atoms with Crippen molar-refractivity contribution < 1.29 is 17.9 Å². The standard InChI is InChI=1S/C16H27F3N6O/c1-15(2,3)12(26-5)10-24-13(20-4)22-8-9-23-14-21-7-6-11(25-14)16(17,18)19/h6-7,12H,8-10H2,1-5H3,(H2,20,22,24)(H,21,23,25). The molecule has 1 unspecified atom stereocenters. The maximum absolute atomic E-state index is 12.6. The summed E-state index contributed by atoms with van der Waals surface area (Å²) in [4.78, 5) is 11.3. The van der Waals surface area contributed by atoms with Gasteiger partial charge in [0.1, 0.15) is 5.69 Å². The van der Waals surface area contributed by atoms with E-state index >= 15 is 0 Å². The molecule has 7 nitrogen and oxygen atoms in total. The van der Waals surface area contributed by atoms with Crippen LogP contribution < -0.4 is 16.0 Å². The zero-order chi connectivity index (χ0) is 19.8.